The van der Waals surface area contributed by atoms with E-state index in [4.69, 9.17) is 0 Å². The van der Waals surface area contributed by atoms with Gasteiger partial charge in [-0.3, -0.25) is 0 Å². The number of benzene rings is 4. The molecule has 0 aromatic heterocycles. The molecule has 0 heterocycles. The first-order valence-electron chi connectivity index (χ1n) is 8.95. The lowest BCUT2D eigenvalue weighted by Crippen LogP contribution is -2.01. The second-order valence-electron chi connectivity index (χ2n) is 6.51. The zero-order chi connectivity index (χ0) is 18.6. The molecule has 4 aromatic rings. The largest absolute Gasteiger partial charge is 0.507 e. The maximum atomic E-state index is 11.0. The van der Waals surface area contributed by atoms with Gasteiger partial charge in [-0.25, -0.2) is 0 Å². The summed E-state index contributed by atoms with van der Waals surface area (Å²) in [6.45, 7) is 0. The molecule has 0 aliphatic carbocycles. The summed E-state index contributed by atoms with van der Waals surface area (Å²) >= 11 is 0. The van der Waals surface area contributed by atoms with Crippen molar-refractivity contribution in [2.75, 3.05) is 0 Å². The van der Waals surface area contributed by atoms with Crippen LogP contribution in [0.2, 0.25) is 0 Å². The van der Waals surface area contributed by atoms with Gasteiger partial charge in [0.15, 0.2) is 0 Å². The monoisotopic (exact) mass is 352 g/mol. The number of phenols is 1. The van der Waals surface area contributed by atoms with E-state index in [9.17, 15) is 10.2 Å². The Bertz CT molecular complexity index is 965. The molecule has 0 fully saturated rings. The summed E-state index contributed by atoms with van der Waals surface area (Å²) in [7, 11) is 0. The highest BCUT2D eigenvalue weighted by atomic mass is 16.3. The first-order chi connectivity index (χ1) is 13.2. The number of aromatic hydroxyl groups is 1. The van der Waals surface area contributed by atoms with Crippen LogP contribution in [0.3, 0.4) is 0 Å². The predicted octanol–water partition coefficient (Wildman–Crippen LogP) is 5.81. The number of hydrogen-bond acceptors (Lipinski definition) is 2. The summed E-state index contributed by atoms with van der Waals surface area (Å²) in [5, 5.41) is 21.9. The maximum absolute atomic E-state index is 11.0. The molecule has 0 saturated carbocycles. The van der Waals surface area contributed by atoms with Crippen molar-refractivity contribution in [3.8, 4) is 28.0 Å². The number of aliphatic hydroxyl groups excluding tert-OH is 1. The zero-order valence-electron chi connectivity index (χ0n) is 14.8. The van der Waals surface area contributed by atoms with Crippen LogP contribution in [0.15, 0.2) is 103 Å². The fourth-order valence-corrected chi connectivity index (χ4v) is 3.32. The van der Waals surface area contributed by atoms with E-state index in [1.54, 1.807) is 0 Å². The third-order valence-corrected chi connectivity index (χ3v) is 4.73. The van der Waals surface area contributed by atoms with Crippen LogP contribution < -0.4 is 0 Å². The molecule has 0 radical (unpaired) electrons. The van der Waals surface area contributed by atoms with Crippen molar-refractivity contribution in [3.63, 3.8) is 0 Å². The number of rotatable bonds is 4. The highest BCUT2D eigenvalue weighted by molar-refractivity contribution is 5.83. The van der Waals surface area contributed by atoms with Gasteiger partial charge in [-0.1, -0.05) is 91.0 Å². The Kier molecular flexibility index (Phi) is 4.73. The molecule has 0 spiro atoms. The third-order valence-electron chi connectivity index (χ3n) is 4.73. The van der Waals surface area contributed by atoms with Gasteiger partial charge < -0.3 is 10.2 Å². The zero-order valence-corrected chi connectivity index (χ0v) is 14.8. The van der Waals surface area contributed by atoms with E-state index in [1.165, 1.54) is 0 Å². The van der Waals surface area contributed by atoms with Gasteiger partial charge in [-0.2, -0.15) is 0 Å². The summed E-state index contributed by atoms with van der Waals surface area (Å²) in [6, 6.07) is 32.8. The van der Waals surface area contributed by atoms with Crippen LogP contribution >= 0.6 is 0 Å². The fourth-order valence-electron chi connectivity index (χ4n) is 3.32. The van der Waals surface area contributed by atoms with E-state index in [0.717, 1.165) is 22.3 Å². The SMILES string of the molecule is Oc1c(-c2ccccc2)cc(C(O)c2ccccc2)cc1-c1ccccc1. The molecule has 0 bridgehead atoms. The van der Waals surface area contributed by atoms with E-state index in [0.29, 0.717) is 11.1 Å². The van der Waals surface area contributed by atoms with Gasteiger partial charge >= 0.3 is 0 Å². The lowest BCUT2D eigenvalue weighted by atomic mass is 9.91. The molecule has 4 aromatic carbocycles. The molecular formula is C25H20O2. The Balaban J connectivity index is 1.92. The predicted molar refractivity (Wildman–Crippen MR) is 109 cm³/mol. The molecule has 2 N–H and O–H groups in total. The van der Waals surface area contributed by atoms with Gasteiger partial charge in [0.05, 0.1) is 0 Å². The molecule has 27 heavy (non-hydrogen) atoms. The molecule has 0 saturated heterocycles. The van der Waals surface area contributed by atoms with Crippen molar-refractivity contribution < 1.29 is 10.2 Å². The molecule has 0 amide bonds. The molecule has 2 nitrogen and oxygen atoms in total. The summed E-state index contributed by atoms with van der Waals surface area (Å²) in [4.78, 5) is 0. The summed E-state index contributed by atoms with van der Waals surface area (Å²) in [6.07, 6.45) is -0.767. The Labute approximate surface area is 159 Å². The Morgan fingerprint density at radius 2 is 0.926 bits per heavy atom. The highest BCUT2D eigenvalue weighted by Gasteiger charge is 2.18. The lowest BCUT2D eigenvalue weighted by Gasteiger charge is -2.17. The van der Waals surface area contributed by atoms with Gasteiger partial charge in [0.1, 0.15) is 11.9 Å². The van der Waals surface area contributed by atoms with Crippen LogP contribution in [0, 0.1) is 0 Å². The smallest absolute Gasteiger partial charge is 0.131 e. The molecular weight excluding hydrogens is 332 g/mol. The summed E-state index contributed by atoms with van der Waals surface area (Å²) in [5.74, 6) is 0.219. The first-order valence-corrected chi connectivity index (χ1v) is 8.95. The van der Waals surface area contributed by atoms with E-state index >= 15 is 0 Å². The third kappa shape index (κ3) is 3.48. The van der Waals surface area contributed by atoms with E-state index in [-0.39, 0.29) is 5.75 Å². The molecule has 4 rings (SSSR count). The summed E-state index contributed by atoms with van der Waals surface area (Å²) < 4.78 is 0. The molecule has 132 valence electrons. The standard InChI is InChI=1S/C25H20O2/c26-24(20-14-8-3-9-15-20)21-16-22(18-10-4-1-5-11-18)25(27)23(17-21)19-12-6-2-7-13-19/h1-17,24,26-27H. The van der Waals surface area contributed by atoms with Gasteiger partial charge in [-0.05, 0) is 34.4 Å². The second-order valence-corrected chi connectivity index (χ2v) is 6.51. The van der Waals surface area contributed by atoms with E-state index < -0.39 is 6.10 Å². The minimum absolute atomic E-state index is 0.219. The van der Waals surface area contributed by atoms with Crippen molar-refractivity contribution in [1.82, 2.24) is 0 Å². The Hall–Kier alpha value is -3.36. The van der Waals surface area contributed by atoms with Gasteiger partial charge in [0.25, 0.3) is 0 Å². The number of hydrogen-bond donors (Lipinski definition) is 2. The minimum Gasteiger partial charge on any atom is -0.507 e. The normalized spacial score (nSPS) is 11.9. The van der Waals surface area contributed by atoms with Crippen LogP contribution in [0.25, 0.3) is 22.3 Å². The minimum atomic E-state index is -0.767. The van der Waals surface area contributed by atoms with Crippen LogP contribution in [0.5, 0.6) is 5.75 Å². The topological polar surface area (TPSA) is 40.5 Å². The van der Waals surface area contributed by atoms with Gasteiger partial charge in [-0.15, -0.1) is 0 Å². The quantitative estimate of drug-likeness (QED) is 0.487. The second kappa shape index (κ2) is 7.48. The van der Waals surface area contributed by atoms with Crippen molar-refractivity contribution >= 4 is 0 Å². The van der Waals surface area contributed by atoms with Crippen molar-refractivity contribution in [3.05, 3.63) is 114 Å². The average molecular weight is 352 g/mol. The summed E-state index contributed by atoms with van der Waals surface area (Å²) in [5.41, 5.74) is 4.81. The average Bonchev–Trinajstić information content (AvgIpc) is 2.75. The van der Waals surface area contributed by atoms with Crippen LogP contribution in [-0.2, 0) is 0 Å². The van der Waals surface area contributed by atoms with Crippen LogP contribution in [0.1, 0.15) is 17.2 Å². The van der Waals surface area contributed by atoms with Crippen molar-refractivity contribution in [2.45, 2.75) is 6.10 Å². The lowest BCUT2D eigenvalue weighted by molar-refractivity contribution is 0.220. The maximum Gasteiger partial charge on any atom is 0.131 e. The highest BCUT2D eigenvalue weighted by Crippen LogP contribution is 2.41. The van der Waals surface area contributed by atoms with E-state index in [2.05, 4.69) is 0 Å². The molecule has 1 unspecified atom stereocenters. The molecule has 0 aliphatic heterocycles. The van der Waals surface area contributed by atoms with Crippen molar-refractivity contribution in [1.29, 1.82) is 0 Å². The molecule has 1 atom stereocenters. The van der Waals surface area contributed by atoms with Crippen LogP contribution in [0.4, 0.5) is 0 Å². The van der Waals surface area contributed by atoms with Crippen LogP contribution in [-0.4, -0.2) is 10.2 Å². The Morgan fingerprint density at radius 1 is 0.519 bits per heavy atom. The fraction of sp³-hybridized carbons (Fsp3) is 0.0400. The number of phenolic OH excluding ortho intramolecular Hbond substituents is 1. The number of aliphatic hydroxyl groups is 1. The van der Waals surface area contributed by atoms with Gasteiger partial charge in [0, 0.05) is 11.1 Å². The van der Waals surface area contributed by atoms with Crippen molar-refractivity contribution in [2.24, 2.45) is 0 Å². The van der Waals surface area contributed by atoms with E-state index in [1.807, 2.05) is 103 Å². The molecule has 0 aliphatic rings. The Morgan fingerprint density at radius 3 is 1.37 bits per heavy atom. The molecule has 2 heteroatoms. The van der Waals surface area contributed by atoms with Gasteiger partial charge in [0.2, 0.25) is 0 Å². The first kappa shape index (κ1) is 17.1.